The van der Waals surface area contributed by atoms with Crippen LogP contribution in [0.15, 0.2) is 52.1 Å². The Labute approximate surface area is 174 Å². The summed E-state index contributed by atoms with van der Waals surface area (Å²) in [6, 6.07) is 7.56. The lowest BCUT2D eigenvalue weighted by Gasteiger charge is -2.49. The van der Waals surface area contributed by atoms with Crippen LogP contribution in [0.2, 0.25) is 0 Å². The Kier molecular flexibility index (Phi) is 5.04. The highest BCUT2D eigenvalue weighted by Gasteiger charge is 2.41. The fourth-order valence-corrected chi connectivity index (χ4v) is 5.06. The third-order valence-corrected chi connectivity index (χ3v) is 6.63. The number of para-hydroxylation sites is 2. The molecule has 2 saturated heterocycles. The molecule has 0 bridgehead atoms. The van der Waals surface area contributed by atoms with Gasteiger partial charge in [-0.2, -0.15) is 0 Å². The molecular formula is C22H27N5O3. The summed E-state index contributed by atoms with van der Waals surface area (Å²) in [5.74, 6) is 0.545. The average molecular weight is 409 g/mol. The summed E-state index contributed by atoms with van der Waals surface area (Å²) in [5.41, 5.74) is 1.59. The van der Waals surface area contributed by atoms with Gasteiger partial charge >= 0.3 is 5.76 Å². The number of likely N-dealkylation sites (tertiary alicyclic amines) is 1. The summed E-state index contributed by atoms with van der Waals surface area (Å²) in [6.07, 6.45) is 7.70. The van der Waals surface area contributed by atoms with Crippen molar-refractivity contribution in [3.05, 3.63) is 53.4 Å². The third-order valence-electron chi connectivity index (χ3n) is 6.63. The summed E-state index contributed by atoms with van der Waals surface area (Å²) >= 11 is 0. The molecule has 2 aliphatic rings. The molecule has 2 aliphatic heterocycles. The Balaban J connectivity index is 1.22. The lowest BCUT2D eigenvalue weighted by molar-refractivity contribution is 0.0256. The molecule has 0 saturated carbocycles. The number of nitrogens with zero attached hydrogens (tertiary/aromatic N) is 5. The van der Waals surface area contributed by atoms with Crippen LogP contribution < -0.4 is 10.7 Å². The van der Waals surface area contributed by atoms with Gasteiger partial charge in [-0.25, -0.2) is 9.78 Å². The van der Waals surface area contributed by atoms with Gasteiger partial charge in [-0.1, -0.05) is 12.1 Å². The Hall–Kier alpha value is -2.71. The van der Waals surface area contributed by atoms with Crippen molar-refractivity contribution >= 4 is 16.9 Å². The smallest absolute Gasteiger partial charge is 0.408 e. The number of β-amino-alcohol motifs (C(OH)–C–C–N with tert-alkyl or cyclic N) is 1. The molecule has 158 valence electrons. The highest BCUT2D eigenvalue weighted by Crippen LogP contribution is 2.40. The van der Waals surface area contributed by atoms with Crippen LogP contribution in [0.3, 0.4) is 0 Å². The van der Waals surface area contributed by atoms with Crippen molar-refractivity contribution < 1.29 is 9.52 Å². The fourth-order valence-electron chi connectivity index (χ4n) is 5.06. The number of rotatable bonds is 4. The van der Waals surface area contributed by atoms with Crippen molar-refractivity contribution in [1.29, 1.82) is 0 Å². The van der Waals surface area contributed by atoms with Gasteiger partial charge in [-0.05, 0) is 49.9 Å². The van der Waals surface area contributed by atoms with Gasteiger partial charge in [0.1, 0.15) is 5.82 Å². The predicted molar refractivity (Wildman–Crippen MR) is 113 cm³/mol. The van der Waals surface area contributed by atoms with Gasteiger partial charge in [-0.15, -0.1) is 0 Å². The monoisotopic (exact) mass is 409 g/mol. The third kappa shape index (κ3) is 3.73. The van der Waals surface area contributed by atoms with Crippen LogP contribution in [0.25, 0.3) is 11.1 Å². The Morgan fingerprint density at radius 2 is 2.00 bits per heavy atom. The van der Waals surface area contributed by atoms with Crippen LogP contribution in [0.5, 0.6) is 0 Å². The van der Waals surface area contributed by atoms with E-state index in [1.807, 2.05) is 24.3 Å². The summed E-state index contributed by atoms with van der Waals surface area (Å²) in [4.78, 5) is 25.4. The molecule has 1 N–H and O–H groups in total. The second-order valence-corrected chi connectivity index (χ2v) is 8.63. The van der Waals surface area contributed by atoms with Gasteiger partial charge in [0.2, 0.25) is 0 Å². The number of fused-ring (bicyclic) bond motifs is 1. The van der Waals surface area contributed by atoms with E-state index in [9.17, 15) is 9.90 Å². The normalized spacial score (nSPS) is 22.0. The maximum absolute atomic E-state index is 12.2. The Morgan fingerprint density at radius 3 is 2.80 bits per heavy atom. The second-order valence-electron chi connectivity index (χ2n) is 8.63. The standard InChI is InChI=1S/C22H27N5O3/c28-17-13-22(16-26(15-17)20-14-23-7-8-24-20)5-9-25(10-6-22)11-12-27-18-3-1-2-4-19(18)30-21(27)29/h1-4,7-8,14,17,28H,5-6,9-13,15-16H2. The van der Waals surface area contributed by atoms with Crippen molar-refractivity contribution in [1.82, 2.24) is 19.4 Å². The lowest BCUT2D eigenvalue weighted by Crippen LogP contribution is -2.54. The minimum atomic E-state index is -0.344. The van der Waals surface area contributed by atoms with Crippen molar-refractivity contribution in [2.24, 2.45) is 5.41 Å². The van der Waals surface area contributed by atoms with E-state index < -0.39 is 0 Å². The van der Waals surface area contributed by atoms with Crippen molar-refractivity contribution in [3.8, 4) is 0 Å². The first-order valence-electron chi connectivity index (χ1n) is 10.6. The largest absolute Gasteiger partial charge is 0.419 e. The molecule has 0 aliphatic carbocycles. The van der Waals surface area contributed by atoms with E-state index in [1.54, 1.807) is 23.2 Å². The minimum Gasteiger partial charge on any atom is -0.408 e. The number of aromatic nitrogens is 3. The average Bonchev–Trinajstić information content (AvgIpc) is 3.08. The van der Waals surface area contributed by atoms with Crippen molar-refractivity contribution in [2.75, 3.05) is 37.6 Å². The van der Waals surface area contributed by atoms with Gasteiger partial charge in [0.15, 0.2) is 5.58 Å². The van der Waals surface area contributed by atoms with Crippen LogP contribution in [-0.4, -0.2) is 63.4 Å². The van der Waals surface area contributed by atoms with Gasteiger partial charge in [0.25, 0.3) is 0 Å². The maximum atomic E-state index is 12.2. The fraction of sp³-hybridized carbons (Fsp3) is 0.500. The van der Waals surface area contributed by atoms with Crippen LogP contribution in [0.1, 0.15) is 19.3 Å². The van der Waals surface area contributed by atoms with E-state index in [2.05, 4.69) is 19.8 Å². The molecule has 1 aromatic carbocycles. The van der Waals surface area contributed by atoms with Gasteiger partial charge in [-0.3, -0.25) is 9.55 Å². The van der Waals surface area contributed by atoms with Crippen LogP contribution >= 0.6 is 0 Å². The molecule has 3 aromatic rings. The topological polar surface area (TPSA) is 87.6 Å². The number of piperidine rings is 2. The number of aliphatic hydroxyl groups excluding tert-OH is 1. The molecule has 8 heteroatoms. The Morgan fingerprint density at radius 1 is 1.17 bits per heavy atom. The second kappa shape index (κ2) is 7.85. The van der Waals surface area contributed by atoms with Crippen LogP contribution in [0.4, 0.5) is 5.82 Å². The molecule has 2 fully saturated rings. The zero-order valence-corrected chi connectivity index (χ0v) is 17.0. The summed E-state index contributed by atoms with van der Waals surface area (Å²) in [5, 5.41) is 10.5. The molecular weight excluding hydrogens is 382 g/mol. The van der Waals surface area contributed by atoms with Gasteiger partial charge < -0.3 is 19.3 Å². The van der Waals surface area contributed by atoms with E-state index in [0.29, 0.717) is 18.7 Å². The summed E-state index contributed by atoms with van der Waals surface area (Å²) < 4.78 is 7.06. The molecule has 1 unspecified atom stereocenters. The number of benzene rings is 1. The molecule has 0 amide bonds. The first kappa shape index (κ1) is 19.3. The number of hydrogen-bond acceptors (Lipinski definition) is 7. The van der Waals surface area contributed by atoms with Crippen LogP contribution in [-0.2, 0) is 6.54 Å². The zero-order chi connectivity index (χ0) is 20.6. The molecule has 5 rings (SSSR count). The van der Waals surface area contributed by atoms with E-state index in [0.717, 1.165) is 56.8 Å². The minimum absolute atomic E-state index is 0.102. The molecule has 30 heavy (non-hydrogen) atoms. The molecule has 0 radical (unpaired) electrons. The van der Waals surface area contributed by atoms with Gasteiger partial charge in [0.05, 0.1) is 17.8 Å². The summed E-state index contributed by atoms with van der Waals surface area (Å²) in [7, 11) is 0. The van der Waals surface area contributed by atoms with Gasteiger partial charge in [0, 0.05) is 38.6 Å². The summed E-state index contributed by atoms with van der Waals surface area (Å²) in [6.45, 7) is 4.88. The molecule has 1 spiro atoms. The van der Waals surface area contributed by atoms with Crippen LogP contribution in [0, 0.1) is 5.41 Å². The predicted octanol–water partition coefficient (Wildman–Crippen LogP) is 1.74. The zero-order valence-electron chi connectivity index (χ0n) is 17.0. The highest BCUT2D eigenvalue weighted by atomic mass is 16.4. The highest BCUT2D eigenvalue weighted by molar-refractivity contribution is 5.72. The maximum Gasteiger partial charge on any atom is 0.419 e. The number of oxazole rings is 1. The first-order chi connectivity index (χ1) is 14.6. The molecule has 2 aromatic heterocycles. The molecule has 8 nitrogen and oxygen atoms in total. The lowest BCUT2D eigenvalue weighted by atomic mass is 9.71. The van der Waals surface area contributed by atoms with E-state index in [-0.39, 0.29) is 17.3 Å². The van der Waals surface area contributed by atoms with Crippen molar-refractivity contribution in [2.45, 2.75) is 31.9 Å². The van der Waals surface area contributed by atoms with E-state index >= 15 is 0 Å². The molecule has 4 heterocycles. The number of hydrogen-bond donors (Lipinski definition) is 1. The van der Waals surface area contributed by atoms with Crippen molar-refractivity contribution in [3.63, 3.8) is 0 Å². The molecule has 1 atom stereocenters. The SMILES string of the molecule is O=c1oc2ccccc2n1CCN1CCC2(CC1)CC(O)CN(c1cnccn1)C2. The number of anilines is 1. The Bertz CT molecular complexity index is 1060. The van der Waals surface area contributed by atoms with E-state index in [4.69, 9.17) is 4.42 Å². The quantitative estimate of drug-likeness (QED) is 0.702. The first-order valence-corrected chi connectivity index (χ1v) is 10.6. The number of aliphatic hydroxyl groups is 1. The van der Waals surface area contributed by atoms with E-state index in [1.165, 1.54) is 0 Å².